The second-order valence-electron chi connectivity index (χ2n) is 8.69. The fourth-order valence-electron chi connectivity index (χ4n) is 4.35. The first kappa shape index (κ1) is 27.4. The van der Waals surface area contributed by atoms with E-state index in [9.17, 15) is 9.18 Å². The molecule has 4 N–H and O–H groups in total. The Labute approximate surface area is 227 Å². The third-order valence-corrected chi connectivity index (χ3v) is 6.18. The Hall–Kier alpha value is -4.60. The topological polar surface area (TPSA) is 129 Å². The van der Waals surface area contributed by atoms with Crippen molar-refractivity contribution in [1.29, 1.82) is 5.41 Å². The van der Waals surface area contributed by atoms with Gasteiger partial charge in [0.05, 0.1) is 17.0 Å². The van der Waals surface area contributed by atoms with Crippen LogP contribution in [0.3, 0.4) is 0 Å². The molecular formula is C29H32FN7O2. The number of ether oxygens (including phenoxy) is 1. The Morgan fingerprint density at radius 1 is 1.08 bits per heavy atom. The largest absolute Gasteiger partial charge is 0.407 e. The predicted molar refractivity (Wildman–Crippen MR) is 152 cm³/mol. The van der Waals surface area contributed by atoms with Gasteiger partial charge in [-0.3, -0.25) is 10.2 Å². The van der Waals surface area contributed by atoms with E-state index in [4.69, 9.17) is 15.9 Å². The van der Waals surface area contributed by atoms with Crippen molar-refractivity contribution < 1.29 is 13.9 Å². The van der Waals surface area contributed by atoms with Crippen LogP contribution < -0.4 is 16.0 Å². The Bertz CT molecular complexity index is 1370. The molecule has 1 unspecified atom stereocenters. The van der Waals surface area contributed by atoms with Crippen molar-refractivity contribution in [3.8, 4) is 0 Å². The zero-order valence-electron chi connectivity index (χ0n) is 22.0. The van der Waals surface area contributed by atoms with Gasteiger partial charge in [0.2, 0.25) is 12.1 Å². The molecule has 1 atom stereocenters. The molecule has 0 saturated carbocycles. The summed E-state index contributed by atoms with van der Waals surface area (Å²) < 4.78 is 19.1. The number of anilines is 2. The van der Waals surface area contributed by atoms with Gasteiger partial charge in [0.1, 0.15) is 12.0 Å². The number of aliphatic imine (C=N–C) groups is 2. The SMILES string of the molecule is CC.N=C(O/C(N)=N/C1N=C(c2ccccc2)c2ccccc2NC1=O)c1cccnc1N1CCC(F)CC1. The number of nitrogens with one attached hydrogen (secondary N) is 2. The van der Waals surface area contributed by atoms with Crippen molar-refractivity contribution in [3.05, 3.63) is 89.6 Å². The highest BCUT2D eigenvalue weighted by Crippen LogP contribution is 2.25. The highest BCUT2D eigenvalue weighted by atomic mass is 19.1. The molecule has 39 heavy (non-hydrogen) atoms. The van der Waals surface area contributed by atoms with Gasteiger partial charge in [0.15, 0.2) is 0 Å². The molecule has 5 rings (SSSR count). The first-order valence-corrected chi connectivity index (χ1v) is 13.0. The number of benzodiazepines with no additional fused rings is 1. The average molecular weight is 530 g/mol. The van der Waals surface area contributed by atoms with Gasteiger partial charge in [0.25, 0.3) is 11.9 Å². The zero-order valence-corrected chi connectivity index (χ0v) is 22.0. The maximum atomic E-state index is 13.6. The maximum Gasteiger partial charge on any atom is 0.291 e. The minimum Gasteiger partial charge on any atom is -0.407 e. The van der Waals surface area contributed by atoms with E-state index in [0.29, 0.717) is 48.7 Å². The lowest BCUT2D eigenvalue weighted by molar-refractivity contribution is -0.117. The van der Waals surface area contributed by atoms with Crippen molar-refractivity contribution >= 4 is 35.0 Å². The van der Waals surface area contributed by atoms with Crippen LogP contribution in [0.4, 0.5) is 15.9 Å². The van der Waals surface area contributed by atoms with E-state index in [1.807, 2.05) is 67.3 Å². The summed E-state index contributed by atoms with van der Waals surface area (Å²) in [6, 6.07) is 19.8. The summed E-state index contributed by atoms with van der Waals surface area (Å²) >= 11 is 0. The summed E-state index contributed by atoms with van der Waals surface area (Å²) in [5.41, 5.74) is 9.20. The summed E-state index contributed by atoms with van der Waals surface area (Å²) in [6.45, 7) is 4.98. The van der Waals surface area contributed by atoms with E-state index >= 15 is 0 Å². The van der Waals surface area contributed by atoms with Crippen molar-refractivity contribution in [1.82, 2.24) is 4.98 Å². The smallest absolute Gasteiger partial charge is 0.291 e. The number of carbonyl (C=O) groups excluding carboxylic acids is 1. The van der Waals surface area contributed by atoms with Crippen LogP contribution in [0.2, 0.25) is 0 Å². The number of carbonyl (C=O) groups is 1. The number of amides is 1. The van der Waals surface area contributed by atoms with Crippen LogP contribution in [0.25, 0.3) is 0 Å². The van der Waals surface area contributed by atoms with E-state index in [-0.39, 0.29) is 11.9 Å². The van der Waals surface area contributed by atoms with Crippen LogP contribution in [0.1, 0.15) is 43.4 Å². The first-order valence-electron chi connectivity index (χ1n) is 13.0. The number of hydrogen-bond donors (Lipinski definition) is 3. The van der Waals surface area contributed by atoms with Crippen LogP contribution >= 0.6 is 0 Å². The van der Waals surface area contributed by atoms with E-state index in [1.54, 1.807) is 24.4 Å². The Balaban J connectivity index is 0.00000172. The summed E-state index contributed by atoms with van der Waals surface area (Å²) in [5, 5.41) is 11.3. The molecule has 0 aliphatic carbocycles. The van der Waals surface area contributed by atoms with Crippen LogP contribution in [0.5, 0.6) is 0 Å². The van der Waals surface area contributed by atoms with Crippen LogP contribution in [-0.2, 0) is 9.53 Å². The van der Waals surface area contributed by atoms with Crippen molar-refractivity contribution in [2.45, 2.75) is 39.0 Å². The lowest BCUT2D eigenvalue weighted by Crippen LogP contribution is -2.36. The molecular weight excluding hydrogens is 497 g/mol. The number of amidine groups is 1. The maximum absolute atomic E-state index is 13.6. The number of nitrogens with two attached hydrogens (primary N) is 1. The molecule has 1 amide bonds. The summed E-state index contributed by atoms with van der Waals surface area (Å²) in [4.78, 5) is 28.1. The standard InChI is InChI=1S/C27H26FN7O2.C2H6/c28-18-12-15-35(16-13-18)25-20(10-6-14-31-25)23(29)37-27(30)34-24-26(36)32-21-11-5-4-9-19(21)22(33-24)17-7-2-1-3-8-17;1-2/h1-11,14,18,24,29H,12-13,15-16H2,(H2,30,34)(H,32,36);1-2H3. The summed E-state index contributed by atoms with van der Waals surface area (Å²) in [7, 11) is 0. The number of para-hydroxylation sites is 1. The van der Waals surface area contributed by atoms with Crippen LogP contribution in [0.15, 0.2) is 82.9 Å². The monoisotopic (exact) mass is 529 g/mol. The third-order valence-electron chi connectivity index (χ3n) is 6.18. The number of nitrogens with zero attached hydrogens (tertiary/aromatic N) is 4. The second kappa shape index (κ2) is 12.8. The Morgan fingerprint density at radius 2 is 1.77 bits per heavy atom. The molecule has 2 aliphatic heterocycles. The minimum absolute atomic E-state index is 0.281. The molecule has 10 heteroatoms. The summed E-state index contributed by atoms with van der Waals surface area (Å²) in [6.07, 6.45) is 0.342. The van der Waals surface area contributed by atoms with E-state index < -0.39 is 18.2 Å². The molecule has 1 saturated heterocycles. The quantitative estimate of drug-likeness (QED) is 0.338. The molecule has 0 spiro atoms. The predicted octanol–water partition coefficient (Wildman–Crippen LogP) is 4.52. The number of piperidine rings is 1. The van der Waals surface area contributed by atoms with Gasteiger partial charge in [-0.05, 0) is 31.0 Å². The van der Waals surface area contributed by atoms with Crippen molar-refractivity contribution in [2.24, 2.45) is 15.7 Å². The number of alkyl halides is 1. The number of halogens is 1. The fourth-order valence-corrected chi connectivity index (χ4v) is 4.35. The first-order chi connectivity index (χ1) is 19.0. The molecule has 202 valence electrons. The summed E-state index contributed by atoms with van der Waals surface area (Å²) in [5.74, 6) is -0.247. The van der Waals surface area contributed by atoms with Crippen molar-refractivity contribution in [2.75, 3.05) is 23.3 Å². The lowest BCUT2D eigenvalue weighted by atomic mass is 10.0. The van der Waals surface area contributed by atoms with Crippen LogP contribution in [-0.4, -0.2) is 53.9 Å². The van der Waals surface area contributed by atoms with Gasteiger partial charge < -0.3 is 20.7 Å². The molecule has 1 aromatic heterocycles. The minimum atomic E-state index is -1.23. The molecule has 2 aliphatic rings. The van der Waals surface area contributed by atoms with E-state index in [2.05, 4.69) is 20.3 Å². The van der Waals surface area contributed by atoms with E-state index in [0.717, 1.165) is 11.1 Å². The molecule has 3 heterocycles. The lowest BCUT2D eigenvalue weighted by Gasteiger charge is -2.30. The van der Waals surface area contributed by atoms with Gasteiger partial charge in [-0.1, -0.05) is 62.4 Å². The number of rotatable bonds is 4. The Morgan fingerprint density at radius 3 is 2.51 bits per heavy atom. The average Bonchev–Trinajstić information content (AvgIpc) is 3.11. The highest BCUT2D eigenvalue weighted by molar-refractivity contribution is 6.19. The van der Waals surface area contributed by atoms with Crippen molar-refractivity contribution in [3.63, 3.8) is 0 Å². The van der Waals surface area contributed by atoms with Gasteiger partial charge in [0, 0.05) is 30.4 Å². The van der Waals surface area contributed by atoms with Gasteiger partial charge >= 0.3 is 0 Å². The molecule has 0 bridgehead atoms. The number of hydrogen-bond acceptors (Lipinski definition) is 7. The molecule has 3 aromatic rings. The van der Waals surface area contributed by atoms with Gasteiger partial charge in [-0.2, -0.15) is 4.99 Å². The number of pyridine rings is 1. The van der Waals surface area contributed by atoms with Crippen LogP contribution in [0, 0.1) is 5.41 Å². The number of benzene rings is 2. The molecule has 2 aromatic carbocycles. The molecule has 0 radical (unpaired) electrons. The normalized spacial score (nSPS) is 17.6. The molecule has 9 nitrogen and oxygen atoms in total. The number of fused-ring (bicyclic) bond motifs is 1. The Kier molecular flexibility index (Phi) is 8.98. The van der Waals surface area contributed by atoms with E-state index in [1.165, 1.54) is 0 Å². The third kappa shape index (κ3) is 6.46. The van der Waals surface area contributed by atoms with Gasteiger partial charge in [-0.15, -0.1) is 0 Å². The molecule has 1 fully saturated rings. The highest BCUT2D eigenvalue weighted by Gasteiger charge is 2.27. The second-order valence-corrected chi connectivity index (χ2v) is 8.69. The number of aromatic nitrogens is 1. The van der Waals surface area contributed by atoms with Gasteiger partial charge in [-0.25, -0.2) is 14.4 Å². The zero-order chi connectivity index (χ0) is 27.8. The fraction of sp³-hybridized carbons (Fsp3) is 0.276.